The fraction of sp³-hybridized carbons (Fsp3) is 0.562. The lowest BCUT2D eigenvalue weighted by Crippen LogP contribution is -2.40. The Balaban J connectivity index is 1.80. The van der Waals surface area contributed by atoms with E-state index in [9.17, 15) is 4.79 Å². The highest BCUT2D eigenvalue weighted by Gasteiger charge is 2.26. The SMILES string of the molecule is CC(C)(C)OC(=O)N[C@@H]1CCN(Cc2cccc(Br)c2)C1. The fourth-order valence-corrected chi connectivity index (χ4v) is 2.91. The van der Waals surface area contributed by atoms with Crippen molar-refractivity contribution in [2.24, 2.45) is 0 Å². The molecule has 1 atom stereocenters. The maximum absolute atomic E-state index is 11.8. The number of alkyl carbamates (subject to hydrolysis) is 1. The van der Waals surface area contributed by atoms with Crippen LogP contribution in [0, 0.1) is 0 Å². The normalized spacial score (nSPS) is 19.5. The molecule has 0 saturated carbocycles. The summed E-state index contributed by atoms with van der Waals surface area (Å²) in [6, 6.07) is 8.51. The summed E-state index contributed by atoms with van der Waals surface area (Å²) in [4.78, 5) is 14.1. The third-order valence-electron chi connectivity index (χ3n) is 3.29. The number of rotatable bonds is 3. The van der Waals surface area contributed by atoms with Crippen LogP contribution in [0.4, 0.5) is 4.79 Å². The predicted octanol–water partition coefficient (Wildman–Crippen LogP) is 3.55. The second-order valence-corrected chi connectivity index (χ2v) is 7.41. The summed E-state index contributed by atoms with van der Waals surface area (Å²) in [7, 11) is 0. The Bertz CT molecular complexity index is 499. The van der Waals surface area contributed by atoms with Gasteiger partial charge in [0.1, 0.15) is 5.60 Å². The lowest BCUT2D eigenvalue weighted by molar-refractivity contribution is 0.0506. The number of carbonyl (C=O) groups excluding carboxylic acids is 1. The van der Waals surface area contributed by atoms with Crippen LogP contribution in [0.3, 0.4) is 0 Å². The molecule has 1 N–H and O–H groups in total. The van der Waals surface area contributed by atoms with E-state index in [0.717, 1.165) is 30.5 Å². The van der Waals surface area contributed by atoms with E-state index in [-0.39, 0.29) is 12.1 Å². The summed E-state index contributed by atoms with van der Waals surface area (Å²) in [6.45, 7) is 8.40. The molecule has 1 saturated heterocycles. The third-order valence-corrected chi connectivity index (χ3v) is 3.78. The van der Waals surface area contributed by atoms with Gasteiger partial charge in [0.15, 0.2) is 0 Å². The molecule has 0 radical (unpaired) electrons. The van der Waals surface area contributed by atoms with E-state index in [1.807, 2.05) is 32.9 Å². The van der Waals surface area contributed by atoms with Gasteiger partial charge in [0.2, 0.25) is 0 Å². The van der Waals surface area contributed by atoms with Crippen molar-refractivity contribution >= 4 is 22.0 Å². The molecule has 1 heterocycles. The lowest BCUT2D eigenvalue weighted by Gasteiger charge is -2.22. The second kappa shape index (κ2) is 6.79. The molecule has 2 rings (SSSR count). The van der Waals surface area contributed by atoms with Crippen LogP contribution in [0.1, 0.15) is 32.8 Å². The Morgan fingerprint density at radius 1 is 1.48 bits per heavy atom. The minimum absolute atomic E-state index is 0.173. The van der Waals surface area contributed by atoms with E-state index in [0.29, 0.717) is 0 Å². The maximum atomic E-state index is 11.8. The number of ether oxygens (including phenoxy) is 1. The summed E-state index contributed by atoms with van der Waals surface area (Å²) in [5, 5.41) is 2.95. The van der Waals surface area contributed by atoms with Crippen molar-refractivity contribution in [2.75, 3.05) is 13.1 Å². The summed E-state index contributed by atoms with van der Waals surface area (Å²) in [5.74, 6) is 0. The summed E-state index contributed by atoms with van der Waals surface area (Å²) >= 11 is 3.49. The number of nitrogens with one attached hydrogen (secondary N) is 1. The van der Waals surface area contributed by atoms with Crippen molar-refractivity contribution in [1.82, 2.24) is 10.2 Å². The van der Waals surface area contributed by atoms with E-state index in [1.54, 1.807) is 0 Å². The summed E-state index contributed by atoms with van der Waals surface area (Å²) in [6.07, 6.45) is 0.643. The highest BCUT2D eigenvalue weighted by Crippen LogP contribution is 2.17. The number of benzene rings is 1. The molecule has 1 aliphatic heterocycles. The monoisotopic (exact) mass is 354 g/mol. The van der Waals surface area contributed by atoms with Crippen molar-refractivity contribution in [3.63, 3.8) is 0 Å². The van der Waals surface area contributed by atoms with Gasteiger partial charge in [-0.2, -0.15) is 0 Å². The van der Waals surface area contributed by atoms with Gasteiger partial charge in [0.05, 0.1) is 0 Å². The highest BCUT2D eigenvalue weighted by atomic mass is 79.9. The number of nitrogens with zero attached hydrogens (tertiary/aromatic N) is 1. The van der Waals surface area contributed by atoms with E-state index in [2.05, 4.69) is 38.3 Å². The van der Waals surface area contributed by atoms with Gasteiger partial charge in [-0.25, -0.2) is 4.79 Å². The van der Waals surface area contributed by atoms with E-state index in [1.165, 1.54) is 5.56 Å². The summed E-state index contributed by atoms with van der Waals surface area (Å²) < 4.78 is 6.39. The van der Waals surface area contributed by atoms with Crippen molar-refractivity contribution in [3.05, 3.63) is 34.3 Å². The van der Waals surface area contributed by atoms with Crippen LogP contribution in [-0.2, 0) is 11.3 Å². The number of amides is 1. The average Bonchev–Trinajstić information content (AvgIpc) is 2.73. The zero-order valence-corrected chi connectivity index (χ0v) is 14.4. The Morgan fingerprint density at radius 2 is 2.24 bits per heavy atom. The first-order chi connectivity index (χ1) is 9.82. The number of hydrogen-bond donors (Lipinski definition) is 1. The van der Waals surface area contributed by atoms with E-state index in [4.69, 9.17) is 4.74 Å². The largest absolute Gasteiger partial charge is 0.444 e. The molecule has 1 aliphatic rings. The first kappa shape index (κ1) is 16.3. The molecule has 1 aromatic rings. The minimum atomic E-state index is -0.446. The number of carbonyl (C=O) groups is 1. The number of halogens is 1. The van der Waals surface area contributed by atoms with Gasteiger partial charge in [-0.3, -0.25) is 4.90 Å². The molecule has 0 unspecified atom stereocenters. The minimum Gasteiger partial charge on any atom is -0.444 e. The van der Waals surface area contributed by atoms with Crippen LogP contribution in [0.15, 0.2) is 28.7 Å². The van der Waals surface area contributed by atoms with Gasteiger partial charge in [0, 0.05) is 30.1 Å². The van der Waals surface area contributed by atoms with Gasteiger partial charge < -0.3 is 10.1 Å². The molecule has 116 valence electrons. The van der Waals surface area contributed by atoms with Gasteiger partial charge >= 0.3 is 6.09 Å². The second-order valence-electron chi connectivity index (χ2n) is 6.50. The lowest BCUT2D eigenvalue weighted by atomic mass is 10.2. The molecular formula is C16H23BrN2O2. The zero-order valence-electron chi connectivity index (χ0n) is 12.9. The van der Waals surface area contributed by atoms with Crippen LogP contribution in [0.25, 0.3) is 0 Å². The first-order valence-electron chi connectivity index (χ1n) is 7.28. The molecule has 0 aromatic heterocycles. The number of likely N-dealkylation sites (tertiary alicyclic amines) is 1. The van der Waals surface area contributed by atoms with Crippen molar-refractivity contribution in [1.29, 1.82) is 0 Å². The first-order valence-corrected chi connectivity index (χ1v) is 8.07. The van der Waals surface area contributed by atoms with Crippen LogP contribution < -0.4 is 5.32 Å². The van der Waals surface area contributed by atoms with E-state index >= 15 is 0 Å². The van der Waals surface area contributed by atoms with Crippen molar-refractivity contribution in [2.45, 2.75) is 45.4 Å². The Labute approximate surface area is 135 Å². The number of hydrogen-bond acceptors (Lipinski definition) is 3. The maximum Gasteiger partial charge on any atom is 0.407 e. The molecule has 0 bridgehead atoms. The van der Waals surface area contributed by atoms with Crippen LogP contribution >= 0.6 is 15.9 Å². The van der Waals surface area contributed by atoms with Crippen LogP contribution in [-0.4, -0.2) is 35.7 Å². The van der Waals surface area contributed by atoms with Gasteiger partial charge in [-0.1, -0.05) is 28.1 Å². The van der Waals surface area contributed by atoms with Crippen molar-refractivity contribution < 1.29 is 9.53 Å². The molecule has 0 aliphatic carbocycles. The van der Waals surface area contributed by atoms with Gasteiger partial charge in [0.25, 0.3) is 0 Å². The molecule has 21 heavy (non-hydrogen) atoms. The molecule has 1 fully saturated rings. The molecule has 5 heteroatoms. The predicted molar refractivity (Wildman–Crippen MR) is 87.2 cm³/mol. The molecule has 0 spiro atoms. The molecular weight excluding hydrogens is 332 g/mol. The highest BCUT2D eigenvalue weighted by molar-refractivity contribution is 9.10. The van der Waals surface area contributed by atoms with Crippen LogP contribution in [0.5, 0.6) is 0 Å². The topological polar surface area (TPSA) is 41.6 Å². The summed E-state index contributed by atoms with van der Waals surface area (Å²) in [5.41, 5.74) is 0.834. The standard InChI is InChI=1S/C16H23BrN2O2/c1-16(2,3)21-15(20)18-14-7-8-19(11-14)10-12-5-4-6-13(17)9-12/h4-6,9,14H,7-8,10-11H2,1-3H3,(H,18,20)/t14-/m1/s1. The third kappa shape index (κ3) is 5.67. The zero-order chi connectivity index (χ0) is 15.5. The Morgan fingerprint density at radius 3 is 2.90 bits per heavy atom. The fourth-order valence-electron chi connectivity index (χ4n) is 2.46. The van der Waals surface area contributed by atoms with E-state index < -0.39 is 5.60 Å². The van der Waals surface area contributed by atoms with Gasteiger partial charge in [-0.05, 0) is 44.9 Å². The van der Waals surface area contributed by atoms with Crippen molar-refractivity contribution in [3.8, 4) is 0 Å². The average molecular weight is 355 g/mol. The Hall–Kier alpha value is -1.07. The van der Waals surface area contributed by atoms with Gasteiger partial charge in [-0.15, -0.1) is 0 Å². The molecule has 4 nitrogen and oxygen atoms in total. The molecule has 1 aromatic carbocycles. The quantitative estimate of drug-likeness (QED) is 0.902. The smallest absolute Gasteiger partial charge is 0.407 e. The van der Waals surface area contributed by atoms with Crippen LogP contribution in [0.2, 0.25) is 0 Å². The Kier molecular flexibility index (Phi) is 5.27. The molecule has 1 amide bonds.